The Morgan fingerprint density at radius 1 is 1.25 bits per heavy atom. The minimum Gasteiger partial charge on any atom is -0.293 e. The number of piperidine rings is 3. The van der Waals surface area contributed by atoms with Crippen LogP contribution in [-0.2, 0) is 0 Å². The number of carbonyl (C=O) groups excluding carboxylic acids is 1. The first-order chi connectivity index (χ1) is 9.74. The molecule has 4 heterocycles. The molecule has 2 aromatic rings. The molecule has 0 N–H and O–H groups in total. The zero-order valence-electron chi connectivity index (χ0n) is 11.7. The molecule has 3 fully saturated rings. The first-order valence-electron chi connectivity index (χ1n) is 7.46. The number of carbonyl (C=O) groups is 1. The zero-order valence-corrected chi connectivity index (χ0v) is 11.7. The Morgan fingerprint density at radius 2 is 2.00 bits per heavy atom. The summed E-state index contributed by atoms with van der Waals surface area (Å²) in [5.41, 5.74) is 1.87. The number of para-hydroxylation sites is 2. The van der Waals surface area contributed by atoms with Gasteiger partial charge in [-0.15, -0.1) is 0 Å². The van der Waals surface area contributed by atoms with Crippen molar-refractivity contribution in [3.05, 3.63) is 30.1 Å². The highest BCUT2D eigenvalue weighted by Gasteiger charge is 2.37. The fraction of sp³-hybridized carbons (Fsp3) is 0.500. The van der Waals surface area contributed by atoms with E-state index in [1.54, 1.807) is 6.92 Å². The van der Waals surface area contributed by atoms with Crippen LogP contribution in [0.15, 0.2) is 24.3 Å². The smallest absolute Gasteiger partial charge is 0.229 e. The molecule has 5 rings (SSSR count). The van der Waals surface area contributed by atoms with Gasteiger partial charge in [0, 0.05) is 6.92 Å². The minimum absolute atomic E-state index is 0.0661. The standard InChI is InChI=1S/C16H19N3O/c1-11(20)19-14-5-3-2-4-13(14)17-16(19)15-10-12-6-8-18(15)9-7-12/h2-5,12,15H,6-10H2,1H3. The van der Waals surface area contributed by atoms with Crippen molar-refractivity contribution >= 4 is 16.9 Å². The summed E-state index contributed by atoms with van der Waals surface area (Å²) in [4.78, 5) is 19.4. The van der Waals surface area contributed by atoms with Crippen molar-refractivity contribution in [3.8, 4) is 0 Å². The van der Waals surface area contributed by atoms with Crippen LogP contribution in [0.2, 0.25) is 0 Å². The summed E-state index contributed by atoms with van der Waals surface area (Å²) in [5, 5.41) is 0. The van der Waals surface area contributed by atoms with Crippen LogP contribution in [0, 0.1) is 5.92 Å². The van der Waals surface area contributed by atoms with E-state index >= 15 is 0 Å². The second-order valence-corrected chi connectivity index (χ2v) is 6.04. The second-order valence-electron chi connectivity index (χ2n) is 6.04. The van der Waals surface area contributed by atoms with Crippen LogP contribution in [0.1, 0.15) is 42.8 Å². The topological polar surface area (TPSA) is 38.1 Å². The molecule has 3 saturated heterocycles. The van der Waals surface area contributed by atoms with Gasteiger partial charge in [-0.25, -0.2) is 4.98 Å². The molecule has 0 saturated carbocycles. The lowest BCUT2D eigenvalue weighted by atomic mass is 9.83. The molecule has 0 spiro atoms. The molecule has 104 valence electrons. The maximum atomic E-state index is 12.1. The lowest BCUT2D eigenvalue weighted by molar-refractivity contribution is 0.0425. The highest BCUT2D eigenvalue weighted by Crippen LogP contribution is 2.40. The van der Waals surface area contributed by atoms with Crippen LogP contribution < -0.4 is 0 Å². The SMILES string of the molecule is CC(=O)n1c(C2CC3CCN2CC3)nc2ccccc21. The number of fused-ring (bicyclic) bond motifs is 4. The summed E-state index contributed by atoms with van der Waals surface area (Å²) in [5.74, 6) is 1.82. The van der Waals surface area contributed by atoms with Crippen molar-refractivity contribution in [2.45, 2.75) is 32.2 Å². The molecule has 1 aromatic heterocycles. The van der Waals surface area contributed by atoms with Gasteiger partial charge in [-0.3, -0.25) is 14.3 Å². The van der Waals surface area contributed by atoms with Crippen LogP contribution >= 0.6 is 0 Å². The third-order valence-corrected chi connectivity index (χ3v) is 4.85. The van der Waals surface area contributed by atoms with Crippen molar-refractivity contribution in [2.75, 3.05) is 13.1 Å². The van der Waals surface area contributed by atoms with E-state index in [9.17, 15) is 4.79 Å². The van der Waals surface area contributed by atoms with Gasteiger partial charge in [0.1, 0.15) is 5.82 Å². The number of nitrogens with zero attached hydrogens (tertiary/aromatic N) is 3. The van der Waals surface area contributed by atoms with Gasteiger partial charge in [-0.05, 0) is 50.4 Å². The number of hydrogen-bond donors (Lipinski definition) is 0. The number of benzene rings is 1. The Bertz CT molecular complexity index is 667. The highest BCUT2D eigenvalue weighted by atomic mass is 16.1. The average Bonchev–Trinajstić information content (AvgIpc) is 2.87. The average molecular weight is 269 g/mol. The number of rotatable bonds is 1. The van der Waals surface area contributed by atoms with E-state index in [-0.39, 0.29) is 5.91 Å². The lowest BCUT2D eigenvalue weighted by Crippen LogP contribution is -2.44. The first-order valence-corrected chi connectivity index (χ1v) is 7.46. The minimum atomic E-state index is 0.0661. The van der Waals surface area contributed by atoms with Gasteiger partial charge >= 0.3 is 0 Å². The lowest BCUT2D eigenvalue weighted by Gasteiger charge is -2.44. The normalized spacial score (nSPS) is 28.9. The first kappa shape index (κ1) is 12.1. The van der Waals surface area contributed by atoms with E-state index in [2.05, 4.69) is 4.90 Å². The Hall–Kier alpha value is -1.68. The Morgan fingerprint density at radius 3 is 2.65 bits per heavy atom. The summed E-state index contributed by atoms with van der Waals surface area (Å²) in [6, 6.07) is 8.26. The van der Waals surface area contributed by atoms with Crippen molar-refractivity contribution in [2.24, 2.45) is 5.92 Å². The number of aromatic nitrogens is 2. The van der Waals surface area contributed by atoms with E-state index in [0.717, 1.165) is 42.3 Å². The van der Waals surface area contributed by atoms with Gasteiger partial charge in [0.05, 0.1) is 17.1 Å². The van der Waals surface area contributed by atoms with Gasteiger partial charge in [-0.1, -0.05) is 12.1 Å². The van der Waals surface area contributed by atoms with E-state index < -0.39 is 0 Å². The van der Waals surface area contributed by atoms with Crippen LogP contribution in [-0.4, -0.2) is 33.4 Å². The predicted octanol–water partition coefficient (Wildman–Crippen LogP) is 2.85. The summed E-state index contributed by atoms with van der Waals surface area (Å²) >= 11 is 0. The van der Waals surface area contributed by atoms with E-state index in [4.69, 9.17) is 4.98 Å². The molecule has 3 aliphatic rings. The van der Waals surface area contributed by atoms with Gasteiger partial charge in [-0.2, -0.15) is 0 Å². The van der Waals surface area contributed by atoms with Crippen LogP contribution in [0.25, 0.3) is 11.0 Å². The maximum Gasteiger partial charge on any atom is 0.229 e. The number of hydrogen-bond acceptors (Lipinski definition) is 3. The monoisotopic (exact) mass is 269 g/mol. The predicted molar refractivity (Wildman–Crippen MR) is 77.7 cm³/mol. The largest absolute Gasteiger partial charge is 0.293 e. The molecule has 1 atom stereocenters. The van der Waals surface area contributed by atoms with Gasteiger partial charge in [0.15, 0.2) is 0 Å². The van der Waals surface area contributed by atoms with E-state index in [0.29, 0.717) is 6.04 Å². The molecule has 3 aliphatic heterocycles. The summed E-state index contributed by atoms with van der Waals surface area (Å²) in [6.07, 6.45) is 3.75. The van der Waals surface area contributed by atoms with Gasteiger partial charge < -0.3 is 0 Å². The van der Waals surface area contributed by atoms with Crippen LogP contribution in [0.3, 0.4) is 0 Å². The molecule has 1 aromatic carbocycles. The summed E-state index contributed by atoms with van der Waals surface area (Å²) in [7, 11) is 0. The molecule has 2 bridgehead atoms. The van der Waals surface area contributed by atoms with Gasteiger partial charge in [0.25, 0.3) is 0 Å². The summed E-state index contributed by atoms with van der Waals surface area (Å²) in [6.45, 7) is 3.93. The zero-order chi connectivity index (χ0) is 13.7. The van der Waals surface area contributed by atoms with E-state index in [1.165, 1.54) is 12.8 Å². The second kappa shape index (κ2) is 4.42. The van der Waals surface area contributed by atoms with Crippen LogP contribution in [0.4, 0.5) is 0 Å². The Kier molecular flexibility index (Phi) is 2.67. The Balaban J connectivity index is 1.87. The molecular formula is C16H19N3O. The fourth-order valence-corrected chi connectivity index (χ4v) is 3.83. The van der Waals surface area contributed by atoms with Crippen molar-refractivity contribution in [3.63, 3.8) is 0 Å². The van der Waals surface area contributed by atoms with Crippen LogP contribution in [0.5, 0.6) is 0 Å². The summed E-state index contributed by atoms with van der Waals surface area (Å²) < 4.78 is 1.82. The third kappa shape index (κ3) is 1.71. The van der Waals surface area contributed by atoms with Gasteiger partial charge in [0.2, 0.25) is 5.91 Å². The van der Waals surface area contributed by atoms with Crippen molar-refractivity contribution in [1.82, 2.24) is 14.5 Å². The fourth-order valence-electron chi connectivity index (χ4n) is 3.83. The Labute approximate surface area is 118 Å². The van der Waals surface area contributed by atoms with E-state index in [1.807, 2.05) is 28.8 Å². The molecule has 4 heteroatoms. The molecular weight excluding hydrogens is 250 g/mol. The van der Waals surface area contributed by atoms with Crippen molar-refractivity contribution in [1.29, 1.82) is 0 Å². The third-order valence-electron chi connectivity index (χ3n) is 4.85. The molecule has 0 radical (unpaired) electrons. The van der Waals surface area contributed by atoms with Crippen molar-refractivity contribution < 1.29 is 4.79 Å². The number of imidazole rings is 1. The molecule has 0 amide bonds. The molecule has 1 unspecified atom stereocenters. The molecule has 0 aliphatic carbocycles. The maximum absolute atomic E-state index is 12.1. The molecule has 4 nitrogen and oxygen atoms in total. The highest BCUT2D eigenvalue weighted by molar-refractivity contribution is 5.90. The molecule has 20 heavy (non-hydrogen) atoms. The quantitative estimate of drug-likeness (QED) is 0.799.